The summed E-state index contributed by atoms with van der Waals surface area (Å²) in [6.07, 6.45) is 29.1. The highest BCUT2D eigenvalue weighted by molar-refractivity contribution is 5.69. The van der Waals surface area contributed by atoms with Crippen molar-refractivity contribution in [2.75, 3.05) is 0 Å². The Morgan fingerprint density at radius 2 is 1.19 bits per heavy atom. The summed E-state index contributed by atoms with van der Waals surface area (Å²) in [5, 5.41) is 9.19. The quantitative estimate of drug-likeness (QED) is 0.199. The number of unbranched alkanes of at least 4 members (excludes halogenated alkanes) is 7. The topological polar surface area (TPSA) is 37.3 Å². The summed E-state index contributed by atoms with van der Waals surface area (Å²) in [7, 11) is 0. The lowest BCUT2D eigenvalue weighted by atomic mass is 9.97. The van der Waals surface area contributed by atoms with Gasteiger partial charge in [-0.05, 0) is 64.2 Å². The minimum atomic E-state index is -0.630. The van der Waals surface area contributed by atoms with Crippen LogP contribution in [0.15, 0.2) is 36.5 Å². The predicted molar refractivity (Wildman–Crippen MR) is 115 cm³/mol. The summed E-state index contributed by atoms with van der Waals surface area (Å²) in [4.78, 5) is 11.2. The summed E-state index contributed by atoms with van der Waals surface area (Å²) in [6.45, 7) is 4.35. The van der Waals surface area contributed by atoms with Crippen molar-refractivity contribution in [3.63, 3.8) is 0 Å². The molecule has 0 saturated heterocycles. The molecule has 0 aromatic rings. The molecular formula is C24H42O2. The maximum Gasteiger partial charge on any atom is 0.306 e. The first-order valence-corrected chi connectivity index (χ1v) is 10.9. The molecule has 1 N–H and O–H groups in total. The Balaban J connectivity index is 3.52. The lowest BCUT2D eigenvalue weighted by Gasteiger charge is -2.09. The Labute approximate surface area is 162 Å². The van der Waals surface area contributed by atoms with Crippen LogP contribution in [-0.4, -0.2) is 11.1 Å². The molecule has 0 fully saturated rings. The summed E-state index contributed by atoms with van der Waals surface area (Å²) < 4.78 is 0. The van der Waals surface area contributed by atoms with Gasteiger partial charge in [-0.25, -0.2) is 0 Å². The van der Waals surface area contributed by atoms with E-state index < -0.39 is 5.97 Å². The molecule has 0 aliphatic heterocycles. The van der Waals surface area contributed by atoms with Crippen molar-refractivity contribution >= 4 is 5.97 Å². The average Bonchev–Trinajstić information content (AvgIpc) is 2.63. The van der Waals surface area contributed by atoms with Crippen molar-refractivity contribution in [2.45, 2.75) is 104 Å². The molecule has 1 unspecified atom stereocenters. The highest BCUT2D eigenvalue weighted by atomic mass is 16.4. The zero-order chi connectivity index (χ0) is 19.3. The molecule has 0 spiro atoms. The maximum atomic E-state index is 11.2. The molecule has 0 aliphatic rings. The van der Waals surface area contributed by atoms with Crippen molar-refractivity contribution in [3.05, 3.63) is 36.5 Å². The van der Waals surface area contributed by atoms with E-state index in [1.165, 1.54) is 38.5 Å². The number of rotatable bonds is 18. The molecule has 0 heterocycles. The largest absolute Gasteiger partial charge is 0.481 e. The van der Waals surface area contributed by atoms with Crippen LogP contribution in [0.2, 0.25) is 0 Å². The molecule has 26 heavy (non-hydrogen) atoms. The first-order valence-electron chi connectivity index (χ1n) is 10.9. The molecule has 2 nitrogen and oxygen atoms in total. The van der Waals surface area contributed by atoms with Crippen LogP contribution in [0, 0.1) is 5.92 Å². The first kappa shape index (κ1) is 24.7. The molecule has 0 saturated carbocycles. The van der Waals surface area contributed by atoms with E-state index in [0.29, 0.717) is 0 Å². The second-order valence-corrected chi connectivity index (χ2v) is 7.18. The monoisotopic (exact) mass is 362 g/mol. The Hall–Kier alpha value is -1.31. The molecule has 1 atom stereocenters. The van der Waals surface area contributed by atoms with Crippen molar-refractivity contribution in [2.24, 2.45) is 5.92 Å². The van der Waals surface area contributed by atoms with E-state index in [0.717, 1.165) is 51.4 Å². The smallest absolute Gasteiger partial charge is 0.306 e. The minimum absolute atomic E-state index is 0.162. The van der Waals surface area contributed by atoms with Crippen LogP contribution in [-0.2, 0) is 4.79 Å². The molecule has 2 heteroatoms. The van der Waals surface area contributed by atoms with Crippen molar-refractivity contribution in [1.82, 2.24) is 0 Å². The van der Waals surface area contributed by atoms with Gasteiger partial charge in [-0.2, -0.15) is 0 Å². The molecular weight excluding hydrogens is 320 g/mol. The average molecular weight is 363 g/mol. The number of carboxylic acids is 1. The SMILES string of the molecule is CCCCC/C=C/C/C=C/CCCC/C=C/CCC(CCCC)C(=O)O. The van der Waals surface area contributed by atoms with Gasteiger partial charge in [0.25, 0.3) is 0 Å². The Kier molecular flexibility index (Phi) is 19.0. The molecule has 0 aromatic carbocycles. The standard InChI is InChI=1S/C24H42O2/c1-3-5-7-8-9-10-11-12-13-14-15-16-17-18-19-20-22-23(24(25)26)21-6-4-2/h9-10,12-13,18-19,23H,3-8,11,14-17,20-22H2,1-2H3,(H,25,26)/b10-9+,13-12+,19-18+. The third kappa shape index (κ3) is 17.5. The van der Waals surface area contributed by atoms with Gasteiger partial charge in [-0.1, -0.05) is 76.0 Å². The van der Waals surface area contributed by atoms with Crippen LogP contribution < -0.4 is 0 Å². The van der Waals surface area contributed by atoms with Crippen LogP contribution >= 0.6 is 0 Å². The van der Waals surface area contributed by atoms with E-state index in [4.69, 9.17) is 0 Å². The maximum absolute atomic E-state index is 11.2. The second kappa shape index (κ2) is 20.0. The van der Waals surface area contributed by atoms with E-state index in [2.05, 4.69) is 50.3 Å². The van der Waals surface area contributed by atoms with Gasteiger partial charge in [-0.3, -0.25) is 4.79 Å². The van der Waals surface area contributed by atoms with Crippen molar-refractivity contribution in [3.8, 4) is 0 Å². The molecule has 0 rings (SSSR count). The summed E-state index contributed by atoms with van der Waals surface area (Å²) in [5.74, 6) is -0.792. The number of carboxylic acid groups (broad SMARTS) is 1. The molecule has 0 bridgehead atoms. The fraction of sp³-hybridized carbons (Fsp3) is 0.708. The highest BCUT2D eigenvalue weighted by Gasteiger charge is 2.15. The number of allylic oxidation sites excluding steroid dienone is 6. The normalized spacial score (nSPS) is 13.3. The number of carbonyl (C=O) groups is 1. The Bertz CT molecular complexity index is 393. The third-order valence-electron chi connectivity index (χ3n) is 4.68. The fourth-order valence-electron chi connectivity index (χ4n) is 2.92. The van der Waals surface area contributed by atoms with Gasteiger partial charge in [0.05, 0.1) is 5.92 Å². The zero-order valence-corrected chi connectivity index (χ0v) is 17.3. The predicted octanol–water partition coefficient (Wildman–Crippen LogP) is 7.86. The summed E-state index contributed by atoms with van der Waals surface area (Å²) >= 11 is 0. The number of hydrogen-bond acceptors (Lipinski definition) is 1. The summed E-state index contributed by atoms with van der Waals surface area (Å²) in [6, 6.07) is 0. The van der Waals surface area contributed by atoms with Crippen LogP contribution in [0.5, 0.6) is 0 Å². The van der Waals surface area contributed by atoms with Crippen LogP contribution in [0.1, 0.15) is 104 Å². The van der Waals surface area contributed by atoms with Crippen LogP contribution in [0.4, 0.5) is 0 Å². The first-order chi connectivity index (χ1) is 12.7. The van der Waals surface area contributed by atoms with E-state index in [9.17, 15) is 9.90 Å². The minimum Gasteiger partial charge on any atom is -0.481 e. The Morgan fingerprint density at radius 3 is 1.73 bits per heavy atom. The van der Waals surface area contributed by atoms with Gasteiger partial charge < -0.3 is 5.11 Å². The van der Waals surface area contributed by atoms with Crippen LogP contribution in [0.3, 0.4) is 0 Å². The molecule has 0 radical (unpaired) electrons. The van der Waals surface area contributed by atoms with Gasteiger partial charge in [0.1, 0.15) is 0 Å². The van der Waals surface area contributed by atoms with Gasteiger partial charge in [0, 0.05) is 0 Å². The van der Waals surface area contributed by atoms with Crippen molar-refractivity contribution < 1.29 is 9.90 Å². The molecule has 150 valence electrons. The lowest BCUT2D eigenvalue weighted by molar-refractivity contribution is -0.142. The van der Waals surface area contributed by atoms with Gasteiger partial charge >= 0.3 is 5.97 Å². The Morgan fingerprint density at radius 1 is 0.692 bits per heavy atom. The van der Waals surface area contributed by atoms with Gasteiger partial charge in [-0.15, -0.1) is 0 Å². The van der Waals surface area contributed by atoms with Gasteiger partial charge in [0.2, 0.25) is 0 Å². The highest BCUT2D eigenvalue weighted by Crippen LogP contribution is 2.16. The molecule has 0 aliphatic carbocycles. The summed E-state index contributed by atoms with van der Waals surface area (Å²) in [5.41, 5.74) is 0. The second-order valence-electron chi connectivity index (χ2n) is 7.18. The molecule has 0 aromatic heterocycles. The molecule has 0 amide bonds. The van der Waals surface area contributed by atoms with Gasteiger partial charge in [0.15, 0.2) is 0 Å². The van der Waals surface area contributed by atoms with E-state index in [-0.39, 0.29) is 5.92 Å². The zero-order valence-electron chi connectivity index (χ0n) is 17.3. The fourth-order valence-corrected chi connectivity index (χ4v) is 2.92. The number of hydrogen-bond donors (Lipinski definition) is 1. The van der Waals surface area contributed by atoms with Crippen LogP contribution in [0.25, 0.3) is 0 Å². The third-order valence-corrected chi connectivity index (χ3v) is 4.68. The van der Waals surface area contributed by atoms with Crippen molar-refractivity contribution in [1.29, 1.82) is 0 Å². The van der Waals surface area contributed by atoms with E-state index in [1.807, 2.05) is 0 Å². The van der Waals surface area contributed by atoms with E-state index in [1.54, 1.807) is 0 Å². The van der Waals surface area contributed by atoms with E-state index >= 15 is 0 Å². The lowest BCUT2D eigenvalue weighted by Crippen LogP contribution is -2.13. The number of aliphatic carboxylic acids is 1.